The average molecular weight is 347 g/mol. The fraction of sp³-hybridized carbons (Fsp3) is 0.190. The minimum atomic E-state index is -0.440. The zero-order valence-corrected chi connectivity index (χ0v) is 14.1. The molecule has 2 aromatic carbocycles. The molecule has 5 heteroatoms. The van der Waals surface area contributed by atoms with Gasteiger partial charge in [-0.05, 0) is 35.6 Å². The van der Waals surface area contributed by atoms with Crippen molar-refractivity contribution in [2.45, 2.75) is 25.5 Å². The number of carbonyl (C=O) groups is 3. The molecule has 0 saturated heterocycles. The number of hydrogen-bond acceptors (Lipinski definition) is 4. The molecule has 2 amide bonds. The van der Waals surface area contributed by atoms with Crippen LogP contribution in [0.1, 0.15) is 39.5 Å². The van der Waals surface area contributed by atoms with Gasteiger partial charge in [-0.15, -0.1) is 0 Å². The number of imide groups is 1. The molecule has 0 radical (unpaired) electrons. The third-order valence-electron chi connectivity index (χ3n) is 4.80. The van der Waals surface area contributed by atoms with Crippen LogP contribution in [0.3, 0.4) is 0 Å². The minimum Gasteiger partial charge on any atom is -0.457 e. The van der Waals surface area contributed by atoms with E-state index in [1.54, 1.807) is 6.07 Å². The van der Waals surface area contributed by atoms with Gasteiger partial charge in [0.15, 0.2) is 0 Å². The molecular formula is C21H17NO4. The van der Waals surface area contributed by atoms with Crippen LogP contribution < -0.4 is 0 Å². The van der Waals surface area contributed by atoms with E-state index in [0.29, 0.717) is 12.0 Å². The number of amides is 2. The first-order valence-electron chi connectivity index (χ1n) is 8.53. The highest BCUT2D eigenvalue weighted by Crippen LogP contribution is 2.39. The lowest BCUT2D eigenvalue weighted by molar-refractivity contribution is -0.139. The summed E-state index contributed by atoms with van der Waals surface area (Å²) in [6.07, 6.45) is 3.89. The van der Waals surface area contributed by atoms with Crippen molar-refractivity contribution in [3.63, 3.8) is 0 Å². The second-order valence-corrected chi connectivity index (χ2v) is 6.37. The number of fused-ring (bicyclic) bond motifs is 1. The standard InChI is InChI=1S/C21H17NO4/c23-18-11-12-19(24)22(18)17-10-9-15-7-4-8-16(20(15)17)21(25)26-13-14-5-2-1-3-6-14/h1-8,11-12,17H,9-10,13H2/t17-/m0/s1. The maximum absolute atomic E-state index is 12.7. The molecule has 0 fully saturated rings. The molecule has 2 aliphatic rings. The van der Waals surface area contributed by atoms with Crippen LogP contribution in [0.15, 0.2) is 60.7 Å². The molecule has 0 bridgehead atoms. The normalized spacial score (nSPS) is 18.3. The Labute approximate surface area is 150 Å². The molecule has 0 spiro atoms. The third kappa shape index (κ3) is 2.81. The number of ether oxygens (including phenoxy) is 1. The molecular weight excluding hydrogens is 330 g/mol. The molecule has 5 nitrogen and oxygen atoms in total. The van der Waals surface area contributed by atoms with Gasteiger partial charge in [0.2, 0.25) is 0 Å². The van der Waals surface area contributed by atoms with Gasteiger partial charge < -0.3 is 4.74 Å². The molecule has 2 aromatic rings. The van der Waals surface area contributed by atoms with Crippen molar-refractivity contribution in [2.75, 3.05) is 0 Å². The zero-order valence-electron chi connectivity index (χ0n) is 14.1. The first-order chi connectivity index (χ1) is 12.6. The molecule has 0 unspecified atom stereocenters. The molecule has 1 aliphatic carbocycles. The summed E-state index contributed by atoms with van der Waals surface area (Å²) in [5, 5.41) is 0. The molecule has 1 atom stereocenters. The Balaban J connectivity index is 1.60. The second kappa shape index (κ2) is 6.59. The van der Waals surface area contributed by atoms with Crippen LogP contribution in [0.5, 0.6) is 0 Å². The fourth-order valence-electron chi connectivity index (χ4n) is 3.62. The SMILES string of the molecule is O=C(OCc1ccccc1)c1cccc2c1[C@@H](N1C(=O)C=CC1=O)CC2. The van der Waals surface area contributed by atoms with Gasteiger partial charge in [-0.3, -0.25) is 14.5 Å². The maximum atomic E-state index is 12.7. The quantitative estimate of drug-likeness (QED) is 0.630. The van der Waals surface area contributed by atoms with Gasteiger partial charge in [-0.25, -0.2) is 4.79 Å². The van der Waals surface area contributed by atoms with Crippen LogP contribution in [0.4, 0.5) is 0 Å². The van der Waals surface area contributed by atoms with E-state index in [0.717, 1.165) is 23.1 Å². The molecule has 1 aliphatic heterocycles. The summed E-state index contributed by atoms with van der Waals surface area (Å²) in [5.41, 5.74) is 3.04. The van der Waals surface area contributed by atoms with Gasteiger partial charge in [0, 0.05) is 12.2 Å². The van der Waals surface area contributed by atoms with E-state index in [2.05, 4.69) is 0 Å². The van der Waals surface area contributed by atoms with E-state index in [9.17, 15) is 14.4 Å². The van der Waals surface area contributed by atoms with Crippen molar-refractivity contribution < 1.29 is 19.1 Å². The monoisotopic (exact) mass is 347 g/mol. The largest absolute Gasteiger partial charge is 0.457 e. The summed E-state index contributed by atoms with van der Waals surface area (Å²) in [6, 6.07) is 14.5. The van der Waals surface area contributed by atoms with Crippen molar-refractivity contribution >= 4 is 17.8 Å². The van der Waals surface area contributed by atoms with Crippen molar-refractivity contribution in [3.8, 4) is 0 Å². The first-order valence-corrected chi connectivity index (χ1v) is 8.53. The van der Waals surface area contributed by atoms with E-state index in [4.69, 9.17) is 4.74 Å². The number of carbonyl (C=O) groups excluding carboxylic acids is 3. The number of aryl methyl sites for hydroxylation is 1. The Kier molecular flexibility index (Phi) is 4.13. The lowest BCUT2D eigenvalue weighted by atomic mass is 10.00. The number of rotatable bonds is 4. The van der Waals surface area contributed by atoms with Crippen LogP contribution in [0.25, 0.3) is 0 Å². The molecule has 1 heterocycles. The van der Waals surface area contributed by atoms with Crippen molar-refractivity contribution in [2.24, 2.45) is 0 Å². The van der Waals surface area contributed by atoms with E-state index >= 15 is 0 Å². The summed E-state index contributed by atoms with van der Waals surface area (Å²) >= 11 is 0. The molecule has 4 rings (SSSR count). The van der Waals surface area contributed by atoms with Gasteiger partial charge in [0.25, 0.3) is 11.8 Å². The van der Waals surface area contributed by atoms with Gasteiger partial charge in [0.05, 0.1) is 11.6 Å². The number of nitrogens with zero attached hydrogens (tertiary/aromatic N) is 1. The predicted octanol–water partition coefficient (Wildman–Crippen LogP) is 2.96. The van der Waals surface area contributed by atoms with Crippen LogP contribution in [-0.2, 0) is 27.4 Å². The topological polar surface area (TPSA) is 63.7 Å². The highest BCUT2D eigenvalue weighted by atomic mass is 16.5. The number of benzene rings is 2. The molecule has 26 heavy (non-hydrogen) atoms. The van der Waals surface area contributed by atoms with Crippen molar-refractivity contribution in [1.82, 2.24) is 4.90 Å². The van der Waals surface area contributed by atoms with Crippen LogP contribution in [-0.4, -0.2) is 22.7 Å². The highest BCUT2D eigenvalue weighted by Gasteiger charge is 2.38. The van der Waals surface area contributed by atoms with Gasteiger partial charge in [-0.2, -0.15) is 0 Å². The van der Waals surface area contributed by atoms with E-state index in [1.807, 2.05) is 42.5 Å². The number of esters is 1. The average Bonchev–Trinajstić information content (AvgIpc) is 3.23. The molecule has 130 valence electrons. The Bertz CT molecular complexity index is 899. The smallest absolute Gasteiger partial charge is 0.338 e. The Hall–Kier alpha value is -3.21. The lowest BCUT2D eigenvalue weighted by Crippen LogP contribution is -2.34. The van der Waals surface area contributed by atoms with Crippen molar-refractivity contribution in [1.29, 1.82) is 0 Å². The molecule has 0 N–H and O–H groups in total. The van der Waals surface area contributed by atoms with E-state index in [1.165, 1.54) is 17.1 Å². The van der Waals surface area contributed by atoms with Gasteiger partial charge in [0.1, 0.15) is 6.61 Å². The van der Waals surface area contributed by atoms with Gasteiger partial charge >= 0.3 is 5.97 Å². The number of hydrogen-bond donors (Lipinski definition) is 0. The first kappa shape index (κ1) is 16.3. The Morgan fingerprint density at radius 2 is 1.73 bits per heavy atom. The minimum absolute atomic E-state index is 0.178. The summed E-state index contributed by atoms with van der Waals surface area (Å²) in [5.74, 6) is -1.11. The summed E-state index contributed by atoms with van der Waals surface area (Å²) in [7, 11) is 0. The Morgan fingerprint density at radius 3 is 2.46 bits per heavy atom. The van der Waals surface area contributed by atoms with Crippen LogP contribution in [0.2, 0.25) is 0 Å². The van der Waals surface area contributed by atoms with E-state index < -0.39 is 12.0 Å². The fourth-order valence-corrected chi connectivity index (χ4v) is 3.62. The van der Waals surface area contributed by atoms with Crippen LogP contribution >= 0.6 is 0 Å². The molecule has 0 saturated carbocycles. The molecule has 0 aromatic heterocycles. The van der Waals surface area contributed by atoms with Crippen molar-refractivity contribution in [3.05, 3.63) is 82.9 Å². The van der Waals surface area contributed by atoms with E-state index in [-0.39, 0.29) is 18.4 Å². The second-order valence-electron chi connectivity index (χ2n) is 6.37. The Morgan fingerprint density at radius 1 is 1.00 bits per heavy atom. The third-order valence-corrected chi connectivity index (χ3v) is 4.80. The zero-order chi connectivity index (χ0) is 18.1. The highest BCUT2D eigenvalue weighted by molar-refractivity contribution is 6.13. The maximum Gasteiger partial charge on any atom is 0.338 e. The summed E-state index contributed by atoms with van der Waals surface area (Å²) in [6.45, 7) is 0.178. The van der Waals surface area contributed by atoms with Crippen LogP contribution in [0, 0.1) is 0 Å². The lowest BCUT2D eigenvalue weighted by Gasteiger charge is -2.24. The summed E-state index contributed by atoms with van der Waals surface area (Å²) < 4.78 is 5.46. The predicted molar refractivity (Wildman–Crippen MR) is 94.1 cm³/mol. The van der Waals surface area contributed by atoms with Gasteiger partial charge in [-0.1, -0.05) is 42.5 Å². The summed E-state index contributed by atoms with van der Waals surface area (Å²) in [4.78, 5) is 38.1.